The lowest BCUT2D eigenvalue weighted by Crippen LogP contribution is -2.33. The Balaban J connectivity index is 2.85. The van der Waals surface area contributed by atoms with Crippen LogP contribution in [-0.4, -0.2) is 11.8 Å². The van der Waals surface area contributed by atoms with E-state index in [1.807, 2.05) is 13.8 Å². The number of hydrogen-bond donors (Lipinski definition) is 1. The molecule has 0 heterocycles. The van der Waals surface area contributed by atoms with Gasteiger partial charge in [0.1, 0.15) is 11.6 Å². The zero-order chi connectivity index (χ0) is 13.9. The van der Waals surface area contributed by atoms with Crippen molar-refractivity contribution in [3.63, 3.8) is 0 Å². The van der Waals surface area contributed by atoms with Crippen LogP contribution in [0.1, 0.15) is 25.8 Å². The van der Waals surface area contributed by atoms with Gasteiger partial charge in [-0.1, -0.05) is 13.8 Å². The molecule has 0 aliphatic heterocycles. The lowest BCUT2D eigenvalue weighted by atomic mass is 9.96. The molecule has 1 atom stereocenters. The van der Waals surface area contributed by atoms with Gasteiger partial charge in [0.05, 0.1) is 10.5 Å². The fraction of sp³-hybridized carbons (Fsp3) is 0.462. The standard InChI is InChI=1S/C13H16BrF2NO/c1-7(2)5-11(17)12(18)6-8-10(15)4-3-9(14)13(8)16/h3-4,7,11H,5-6,17H2,1-2H3. The maximum Gasteiger partial charge on any atom is 0.154 e. The zero-order valence-electron chi connectivity index (χ0n) is 10.3. The second kappa shape index (κ2) is 6.38. The third-order valence-electron chi connectivity index (χ3n) is 2.63. The molecule has 1 rings (SSSR count). The fourth-order valence-electron chi connectivity index (χ4n) is 1.68. The van der Waals surface area contributed by atoms with E-state index in [-0.39, 0.29) is 28.2 Å². The Labute approximate surface area is 114 Å². The quantitative estimate of drug-likeness (QED) is 0.847. The highest BCUT2D eigenvalue weighted by atomic mass is 79.9. The second-order valence-electron chi connectivity index (χ2n) is 4.70. The molecular formula is C13H16BrF2NO. The molecule has 2 nitrogen and oxygen atoms in total. The van der Waals surface area contributed by atoms with Crippen molar-refractivity contribution >= 4 is 21.7 Å². The molecule has 0 aliphatic rings. The van der Waals surface area contributed by atoms with E-state index in [1.54, 1.807) is 0 Å². The summed E-state index contributed by atoms with van der Waals surface area (Å²) in [5, 5.41) is 0. The average molecular weight is 320 g/mol. The number of nitrogens with two attached hydrogens (primary N) is 1. The van der Waals surface area contributed by atoms with Gasteiger partial charge in [-0.05, 0) is 40.4 Å². The maximum atomic E-state index is 13.7. The first kappa shape index (κ1) is 15.2. The number of rotatable bonds is 5. The van der Waals surface area contributed by atoms with E-state index >= 15 is 0 Å². The molecule has 0 saturated heterocycles. The summed E-state index contributed by atoms with van der Waals surface area (Å²) in [6, 6.07) is 1.72. The predicted octanol–water partition coefficient (Wildman–Crippen LogP) is 3.21. The maximum absolute atomic E-state index is 13.7. The van der Waals surface area contributed by atoms with Crippen molar-refractivity contribution in [2.24, 2.45) is 11.7 Å². The van der Waals surface area contributed by atoms with Gasteiger partial charge in [0.2, 0.25) is 0 Å². The van der Waals surface area contributed by atoms with Gasteiger partial charge in [-0.15, -0.1) is 0 Å². The molecule has 1 aromatic rings. The van der Waals surface area contributed by atoms with Crippen molar-refractivity contribution in [1.29, 1.82) is 0 Å². The Morgan fingerprint density at radius 2 is 2.00 bits per heavy atom. The van der Waals surface area contributed by atoms with Gasteiger partial charge < -0.3 is 5.73 Å². The largest absolute Gasteiger partial charge is 0.321 e. The SMILES string of the molecule is CC(C)CC(N)C(=O)Cc1c(F)ccc(Br)c1F. The highest BCUT2D eigenvalue weighted by molar-refractivity contribution is 9.10. The van der Waals surface area contributed by atoms with Crippen LogP contribution in [0.4, 0.5) is 8.78 Å². The molecule has 0 saturated carbocycles. The van der Waals surface area contributed by atoms with Gasteiger partial charge >= 0.3 is 0 Å². The normalized spacial score (nSPS) is 12.8. The lowest BCUT2D eigenvalue weighted by Gasteiger charge is -2.13. The molecule has 0 aliphatic carbocycles. The molecule has 0 fully saturated rings. The molecule has 0 radical (unpaired) electrons. The number of carbonyl (C=O) groups is 1. The topological polar surface area (TPSA) is 43.1 Å². The molecule has 0 spiro atoms. The highest BCUT2D eigenvalue weighted by Crippen LogP contribution is 2.22. The summed E-state index contributed by atoms with van der Waals surface area (Å²) in [5.74, 6) is -1.54. The average Bonchev–Trinajstić information content (AvgIpc) is 2.28. The molecule has 1 aromatic carbocycles. The smallest absolute Gasteiger partial charge is 0.154 e. The Morgan fingerprint density at radius 3 is 2.56 bits per heavy atom. The van der Waals surface area contributed by atoms with Crippen LogP contribution in [-0.2, 0) is 11.2 Å². The first-order valence-electron chi connectivity index (χ1n) is 5.73. The lowest BCUT2D eigenvalue weighted by molar-refractivity contribution is -0.120. The summed E-state index contributed by atoms with van der Waals surface area (Å²) in [6.45, 7) is 3.88. The summed E-state index contributed by atoms with van der Waals surface area (Å²) in [7, 11) is 0. The Bertz CT molecular complexity index is 449. The summed E-state index contributed by atoms with van der Waals surface area (Å²) >= 11 is 2.96. The minimum absolute atomic E-state index is 0.143. The number of ketones is 1. The van der Waals surface area contributed by atoms with Gasteiger partial charge in [-0.3, -0.25) is 4.79 Å². The van der Waals surface area contributed by atoms with Gasteiger partial charge in [0.15, 0.2) is 5.78 Å². The van der Waals surface area contributed by atoms with E-state index in [4.69, 9.17) is 5.73 Å². The van der Waals surface area contributed by atoms with Gasteiger partial charge in [-0.25, -0.2) is 8.78 Å². The van der Waals surface area contributed by atoms with Crippen molar-refractivity contribution in [1.82, 2.24) is 0 Å². The van der Waals surface area contributed by atoms with Crippen LogP contribution in [0.5, 0.6) is 0 Å². The van der Waals surface area contributed by atoms with E-state index in [2.05, 4.69) is 15.9 Å². The number of hydrogen-bond acceptors (Lipinski definition) is 2. The monoisotopic (exact) mass is 319 g/mol. The summed E-state index contributed by atoms with van der Waals surface area (Å²) in [4.78, 5) is 11.8. The van der Waals surface area contributed by atoms with Crippen molar-refractivity contribution < 1.29 is 13.6 Å². The second-order valence-corrected chi connectivity index (χ2v) is 5.56. The van der Waals surface area contributed by atoms with Crippen LogP contribution >= 0.6 is 15.9 Å². The van der Waals surface area contributed by atoms with Crippen LogP contribution < -0.4 is 5.73 Å². The summed E-state index contributed by atoms with van der Waals surface area (Å²) < 4.78 is 27.3. The molecule has 18 heavy (non-hydrogen) atoms. The highest BCUT2D eigenvalue weighted by Gasteiger charge is 2.20. The van der Waals surface area contributed by atoms with Crippen molar-refractivity contribution in [2.45, 2.75) is 32.7 Å². The molecule has 5 heteroatoms. The summed E-state index contributed by atoms with van der Waals surface area (Å²) in [6.07, 6.45) is 0.196. The van der Waals surface area contributed by atoms with Crippen molar-refractivity contribution in [3.8, 4) is 0 Å². The van der Waals surface area contributed by atoms with Gasteiger partial charge in [-0.2, -0.15) is 0 Å². The number of benzene rings is 1. The van der Waals surface area contributed by atoms with Crippen molar-refractivity contribution in [2.75, 3.05) is 0 Å². The van der Waals surface area contributed by atoms with E-state index in [0.29, 0.717) is 6.42 Å². The minimum atomic E-state index is -0.736. The molecule has 1 unspecified atom stereocenters. The number of halogens is 3. The van der Waals surface area contributed by atoms with Crippen LogP contribution in [0, 0.1) is 17.6 Å². The minimum Gasteiger partial charge on any atom is -0.321 e. The number of carbonyl (C=O) groups excluding carboxylic acids is 1. The third kappa shape index (κ3) is 3.85. The molecular weight excluding hydrogens is 304 g/mol. The third-order valence-corrected chi connectivity index (χ3v) is 3.24. The Morgan fingerprint density at radius 1 is 1.39 bits per heavy atom. The van der Waals surface area contributed by atoms with Crippen LogP contribution in [0.15, 0.2) is 16.6 Å². The zero-order valence-corrected chi connectivity index (χ0v) is 11.9. The van der Waals surface area contributed by atoms with Crippen LogP contribution in [0.3, 0.4) is 0 Å². The first-order chi connectivity index (χ1) is 8.32. The van der Waals surface area contributed by atoms with Crippen molar-refractivity contribution in [3.05, 3.63) is 33.8 Å². The molecule has 100 valence electrons. The van der Waals surface area contributed by atoms with E-state index in [0.717, 1.165) is 6.07 Å². The Hall–Kier alpha value is -0.810. The number of Topliss-reactive ketones (excluding diaryl/α,β-unsaturated/α-hetero) is 1. The fourth-order valence-corrected chi connectivity index (χ4v) is 2.05. The molecule has 0 bridgehead atoms. The van der Waals surface area contributed by atoms with E-state index in [1.165, 1.54) is 6.07 Å². The first-order valence-corrected chi connectivity index (χ1v) is 6.53. The molecule has 0 amide bonds. The molecule has 2 N–H and O–H groups in total. The van der Waals surface area contributed by atoms with E-state index < -0.39 is 17.7 Å². The summed E-state index contributed by atoms with van der Waals surface area (Å²) in [5.41, 5.74) is 5.47. The molecule has 0 aromatic heterocycles. The van der Waals surface area contributed by atoms with Gasteiger partial charge in [0, 0.05) is 12.0 Å². The van der Waals surface area contributed by atoms with Crippen LogP contribution in [0.25, 0.3) is 0 Å². The van der Waals surface area contributed by atoms with Gasteiger partial charge in [0.25, 0.3) is 0 Å². The Kier molecular flexibility index (Phi) is 5.41. The van der Waals surface area contributed by atoms with E-state index in [9.17, 15) is 13.6 Å². The van der Waals surface area contributed by atoms with Crippen LogP contribution in [0.2, 0.25) is 0 Å². The predicted molar refractivity (Wildman–Crippen MR) is 70.2 cm³/mol.